The quantitative estimate of drug-likeness (QED) is 0.713. The van der Waals surface area contributed by atoms with E-state index >= 15 is 0 Å². The topological polar surface area (TPSA) is 34.1 Å². The van der Waals surface area contributed by atoms with Crippen molar-refractivity contribution in [3.8, 4) is 0 Å². The predicted octanol–water partition coefficient (Wildman–Crippen LogP) is 3.04. The van der Waals surface area contributed by atoms with E-state index in [-0.39, 0.29) is 23.4 Å². The summed E-state index contributed by atoms with van der Waals surface area (Å²) in [5, 5.41) is 0. The van der Waals surface area contributed by atoms with Gasteiger partial charge in [-0.2, -0.15) is 0 Å². The second kappa shape index (κ2) is 4.16. The standard InChI is InChI=1S/C17H22O2/c1-8(2)10(4)15-11-7-9(3)14(11)16-12(18)5-6-13(19)17(15)16/h5-8,10-11,14-17H,1-4H3. The monoisotopic (exact) mass is 258 g/mol. The molecule has 0 amide bonds. The molecular formula is C17H22O2. The Hall–Kier alpha value is -1.18. The lowest BCUT2D eigenvalue weighted by Crippen LogP contribution is -2.36. The Morgan fingerprint density at radius 1 is 0.947 bits per heavy atom. The summed E-state index contributed by atoms with van der Waals surface area (Å²) in [6.45, 7) is 8.78. The smallest absolute Gasteiger partial charge is 0.160 e. The normalized spacial score (nSPS) is 41.7. The van der Waals surface area contributed by atoms with Gasteiger partial charge in [-0.15, -0.1) is 0 Å². The predicted molar refractivity (Wildman–Crippen MR) is 74.4 cm³/mol. The van der Waals surface area contributed by atoms with Crippen molar-refractivity contribution in [2.24, 2.45) is 41.4 Å². The van der Waals surface area contributed by atoms with Gasteiger partial charge in [-0.05, 0) is 48.7 Å². The van der Waals surface area contributed by atoms with Crippen molar-refractivity contribution >= 4 is 11.6 Å². The Morgan fingerprint density at radius 3 is 2.05 bits per heavy atom. The van der Waals surface area contributed by atoms with Crippen LogP contribution < -0.4 is 0 Å². The number of allylic oxidation sites excluding steroid dienone is 4. The Labute approximate surface area is 115 Å². The van der Waals surface area contributed by atoms with E-state index in [4.69, 9.17) is 0 Å². The summed E-state index contributed by atoms with van der Waals surface area (Å²) in [5.41, 5.74) is 1.31. The van der Waals surface area contributed by atoms with Crippen LogP contribution in [-0.2, 0) is 9.59 Å². The molecular weight excluding hydrogens is 236 g/mol. The van der Waals surface area contributed by atoms with Gasteiger partial charge < -0.3 is 0 Å². The van der Waals surface area contributed by atoms with Gasteiger partial charge in [-0.1, -0.05) is 32.4 Å². The highest BCUT2D eigenvalue weighted by Gasteiger charge is 2.60. The Morgan fingerprint density at radius 2 is 1.53 bits per heavy atom. The third kappa shape index (κ3) is 1.62. The van der Waals surface area contributed by atoms with Crippen molar-refractivity contribution in [1.29, 1.82) is 0 Å². The molecule has 3 rings (SSSR count). The van der Waals surface area contributed by atoms with Gasteiger partial charge in [0.05, 0.1) is 0 Å². The first kappa shape index (κ1) is 12.8. The Balaban J connectivity index is 2.03. The first-order chi connectivity index (χ1) is 8.93. The molecule has 0 bridgehead atoms. The van der Waals surface area contributed by atoms with Crippen LogP contribution >= 0.6 is 0 Å². The minimum absolute atomic E-state index is 0.0706. The maximum absolute atomic E-state index is 12.3. The third-order valence-electron chi connectivity index (χ3n) is 5.76. The van der Waals surface area contributed by atoms with Gasteiger partial charge in [-0.25, -0.2) is 0 Å². The van der Waals surface area contributed by atoms with Gasteiger partial charge in [0.25, 0.3) is 0 Å². The van der Waals surface area contributed by atoms with Crippen molar-refractivity contribution in [3.05, 3.63) is 23.8 Å². The molecule has 0 spiro atoms. The zero-order valence-electron chi connectivity index (χ0n) is 12.1. The van der Waals surface area contributed by atoms with Gasteiger partial charge >= 0.3 is 0 Å². The first-order valence-electron chi connectivity index (χ1n) is 7.37. The fourth-order valence-corrected chi connectivity index (χ4v) is 4.51. The molecule has 6 atom stereocenters. The fraction of sp³-hybridized carbons (Fsp3) is 0.647. The highest BCUT2D eigenvalue weighted by atomic mass is 16.1. The first-order valence-corrected chi connectivity index (χ1v) is 7.37. The maximum atomic E-state index is 12.3. The maximum Gasteiger partial charge on any atom is 0.160 e. The molecule has 2 nitrogen and oxygen atoms in total. The molecule has 0 aliphatic heterocycles. The Kier molecular flexibility index (Phi) is 2.81. The molecule has 3 aliphatic carbocycles. The van der Waals surface area contributed by atoms with E-state index in [1.165, 1.54) is 17.7 Å². The molecule has 0 aromatic heterocycles. The summed E-state index contributed by atoms with van der Waals surface area (Å²) in [6.07, 6.45) is 5.32. The summed E-state index contributed by atoms with van der Waals surface area (Å²) in [4.78, 5) is 24.6. The van der Waals surface area contributed by atoms with Crippen LogP contribution in [0.2, 0.25) is 0 Å². The number of carbonyl (C=O) groups is 2. The fourth-order valence-electron chi connectivity index (χ4n) is 4.51. The summed E-state index contributed by atoms with van der Waals surface area (Å²) >= 11 is 0. The van der Waals surface area contributed by atoms with Gasteiger partial charge in [0.15, 0.2) is 11.6 Å². The van der Waals surface area contributed by atoms with Crippen molar-refractivity contribution in [3.63, 3.8) is 0 Å². The molecule has 0 aromatic carbocycles. The Bertz CT molecular complexity index is 497. The van der Waals surface area contributed by atoms with E-state index in [9.17, 15) is 9.59 Å². The summed E-state index contributed by atoms with van der Waals surface area (Å²) in [5.74, 6) is 2.36. The SMILES string of the molecule is CC1=CC2C1C1C(=O)C=CC(=O)C1C2C(C)C(C)C. The van der Waals surface area contributed by atoms with Gasteiger partial charge in [0.1, 0.15) is 0 Å². The third-order valence-corrected chi connectivity index (χ3v) is 5.76. The van der Waals surface area contributed by atoms with E-state index < -0.39 is 0 Å². The van der Waals surface area contributed by atoms with Crippen LogP contribution in [0.5, 0.6) is 0 Å². The highest BCUT2D eigenvalue weighted by Crippen LogP contribution is 2.60. The molecule has 1 fully saturated rings. The van der Waals surface area contributed by atoms with Crippen LogP contribution in [0.3, 0.4) is 0 Å². The molecule has 0 saturated heterocycles. The largest absolute Gasteiger partial charge is 0.295 e. The van der Waals surface area contributed by atoms with Crippen LogP contribution in [0.15, 0.2) is 23.8 Å². The van der Waals surface area contributed by atoms with Crippen molar-refractivity contribution in [1.82, 2.24) is 0 Å². The van der Waals surface area contributed by atoms with E-state index in [2.05, 4.69) is 33.8 Å². The summed E-state index contributed by atoms with van der Waals surface area (Å²) < 4.78 is 0. The van der Waals surface area contributed by atoms with Crippen molar-refractivity contribution < 1.29 is 9.59 Å². The van der Waals surface area contributed by atoms with Crippen LogP contribution in [0.4, 0.5) is 0 Å². The van der Waals surface area contributed by atoms with Crippen LogP contribution in [0.1, 0.15) is 27.7 Å². The molecule has 102 valence electrons. The molecule has 3 aliphatic rings. The van der Waals surface area contributed by atoms with Gasteiger partial charge in [-0.3, -0.25) is 9.59 Å². The van der Waals surface area contributed by atoms with Gasteiger partial charge in [0.2, 0.25) is 0 Å². The minimum Gasteiger partial charge on any atom is -0.295 e. The molecule has 6 unspecified atom stereocenters. The molecule has 0 radical (unpaired) electrons. The van der Waals surface area contributed by atoms with Crippen LogP contribution in [-0.4, -0.2) is 11.6 Å². The lowest BCUT2D eigenvalue weighted by atomic mass is 9.68. The number of hydrogen-bond acceptors (Lipinski definition) is 2. The second-order valence-electron chi connectivity index (χ2n) is 6.88. The van der Waals surface area contributed by atoms with E-state index in [0.717, 1.165) is 0 Å². The van der Waals surface area contributed by atoms with Crippen LogP contribution in [0.25, 0.3) is 0 Å². The average molecular weight is 258 g/mol. The van der Waals surface area contributed by atoms with Crippen molar-refractivity contribution in [2.75, 3.05) is 0 Å². The number of ketones is 2. The van der Waals surface area contributed by atoms with Gasteiger partial charge in [0, 0.05) is 11.8 Å². The number of fused-ring (bicyclic) bond motifs is 3. The van der Waals surface area contributed by atoms with E-state index in [0.29, 0.717) is 29.6 Å². The zero-order valence-corrected chi connectivity index (χ0v) is 12.1. The number of carbonyl (C=O) groups excluding carboxylic acids is 2. The van der Waals surface area contributed by atoms with E-state index in [1.54, 1.807) is 0 Å². The lowest BCUT2D eigenvalue weighted by Gasteiger charge is -2.36. The zero-order chi connectivity index (χ0) is 13.9. The second-order valence-corrected chi connectivity index (χ2v) is 6.88. The minimum atomic E-state index is -0.0707. The molecule has 0 heterocycles. The van der Waals surface area contributed by atoms with E-state index in [1.807, 2.05) is 0 Å². The molecule has 2 heteroatoms. The summed E-state index contributed by atoms with van der Waals surface area (Å²) in [7, 11) is 0. The molecule has 0 aromatic rings. The molecule has 19 heavy (non-hydrogen) atoms. The summed E-state index contributed by atoms with van der Waals surface area (Å²) in [6, 6.07) is 0. The number of rotatable bonds is 2. The average Bonchev–Trinajstić information content (AvgIpc) is 2.63. The highest BCUT2D eigenvalue weighted by molar-refractivity contribution is 6.08. The van der Waals surface area contributed by atoms with Crippen molar-refractivity contribution in [2.45, 2.75) is 27.7 Å². The molecule has 1 saturated carbocycles. The molecule has 0 N–H and O–H groups in total. The number of hydrogen-bond donors (Lipinski definition) is 0. The van der Waals surface area contributed by atoms with Crippen LogP contribution in [0, 0.1) is 41.4 Å². The lowest BCUT2D eigenvalue weighted by molar-refractivity contribution is -0.130.